The van der Waals surface area contributed by atoms with Crippen LogP contribution in [0.3, 0.4) is 0 Å². The smallest absolute Gasteiger partial charge is 0.243 e. The van der Waals surface area contributed by atoms with Gasteiger partial charge < -0.3 is 9.15 Å². The molecule has 1 aliphatic heterocycles. The molecule has 1 aromatic carbocycles. The summed E-state index contributed by atoms with van der Waals surface area (Å²) in [7, 11) is -3.47. The third-order valence-corrected chi connectivity index (χ3v) is 4.97. The maximum atomic E-state index is 12.4. The maximum absolute atomic E-state index is 12.4. The van der Waals surface area contributed by atoms with Crippen LogP contribution in [0.2, 0.25) is 0 Å². The lowest BCUT2D eigenvalue weighted by Gasteiger charge is -2.25. The Kier molecular flexibility index (Phi) is 3.04. The van der Waals surface area contributed by atoms with Gasteiger partial charge in [-0.1, -0.05) is 0 Å². The van der Waals surface area contributed by atoms with Gasteiger partial charge in [0.15, 0.2) is 11.5 Å². The Morgan fingerprint density at radius 2 is 2.00 bits per heavy atom. The normalized spacial score (nSPS) is 17.9. The molecular weight excluding hydrogens is 268 g/mol. The minimum Gasteiger partial charge on any atom is -0.441 e. The first-order valence-corrected chi connectivity index (χ1v) is 7.46. The van der Waals surface area contributed by atoms with Crippen molar-refractivity contribution in [3.63, 3.8) is 0 Å². The predicted molar refractivity (Wildman–Crippen MR) is 68.3 cm³/mol. The number of hydrogen-bond donors (Lipinski definition) is 0. The van der Waals surface area contributed by atoms with E-state index < -0.39 is 10.0 Å². The zero-order valence-corrected chi connectivity index (χ0v) is 11.3. The molecule has 0 unspecified atom stereocenters. The third-order valence-electron chi connectivity index (χ3n) is 3.07. The van der Waals surface area contributed by atoms with E-state index in [2.05, 4.69) is 4.98 Å². The first-order chi connectivity index (χ1) is 9.07. The first kappa shape index (κ1) is 12.6. The Bertz CT molecular complexity index is 702. The highest BCUT2D eigenvalue weighted by Crippen LogP contribution is 2.22. The monoisotopic (exact) mass is 282 g/mol. The van der Waals surface area contributed by atoms with E-state index in [0.29, 0.717) is 43.3 Å². The Morgan fingerprint density at radius 1 is 1.26 bits per heavy atom. The molecule has 7 heteroatoms. The van der Waals surface area contributed by atoms with Gasteiger partial charge in [-0.25, -0.2) is 13.4 Å². The second kappa shape index (κ2) is 4.59. The Balaban J connectivity index is 2.02. The molecular formula is C12H14N2O4S. The van der Waals surface area contributed by atoms with E-state index in [-0.39, 0.29) is 4.90 Å². The molecule has 0 spiro atoms. The fraction of sp³-hybridized carbons (Fsp3) is 0.417. The molecule has 6 nitrogen and oxygen atoms in total. The molecule has 2 heterocycles. The molecule has 102 valence electrons. The van der Waals surface area contributed by atoms with E-state index in [1.54, 1.807) is 25.1 Å². The SMILES string of the molecule is Cc1nc2cc(S(=O)(=O)N3CCOCC3)ccc2o1. The highest BCUT2D eigenvalue weighted by molar-refractivity contribution is 7.89. The van der Waals surface area contributed by atoms with Crippen LogP contribution in [0.5, 0.6) is 0 Å². The van der Waals surface area contributed by atoms with E-state index in [1.807, 2.05) is 0 Å². The van der Waals surface area contributed by atoms with Gasteiger partial charge in [-0.15, -0.1) is 0 Å². The summed E-state index contributed by atoms with van der Waals surface area (Å²) in [5.41, 5.74) is 1.16. The van der Waals surface area contributed by atoms with Crippen LogP contribution in [-0.4, -0.2) is 44.0 Å². The molecule has 3 rings (SSSR count). The molecule has 0 bridgehead atoms. The number of sulfonamides is 1. The first-order valence-electron chi connectivity index (χ1n) is 6.02. The molecule has 1 saturated heterocycles. The number of fused-ring (bicyclic) bond motifs is 1. The third kappa shape index (κ3) is 2.24. The van der Waals surface area contributed by atoms with E-state index in [4.69, 9.17) is 9.15 Å². The van der Waals surface area contributed by atoms with E-state index >= 15 is 0 Å². The van der Waals surface area contributed by atoms with Crippen LogP contribution in [0.1, 0.15) is 5.89 Å². The summed E-state index contributed by atoms with van der Waals surface area (Å²) in [5.74, 6) is 0.524. The standard InChI is InChI=1S/C12H14N2O4S/c1-9-13-11-8-10(2-3-12(11)18-9)19(15,16)14-4-6-17-7-5-14/h2-3,8H,4-7H2,1H3. The molecule has 0 aliphatic carbocycles. The second-order valence-electron chi connectivity index (χ2n) is 4.38. The van der Waals surface area contributed by atoms with Crippen molar-refractivity contribution in [2.24, 2.45) is 0 Å². The summed E-state index contributed by atoms with van der Waals surface area (Å²) in [6, 6.07) is 4.75. The predicted octanol–water partition coefficient (Wildman–Crippen LogP) is 1.16. The lowest BCUT2D eigenvalue weighted by Crippen LogP contribution is -2.40. The fourth-order valence-corrected chi connectivity index (χ4v) is 3.55. The van der Waals surface area contributed by atoms with Crippen molar-refractivity contribution >= 4 is 21.1 Å². The molecule has 1 aromatic heterocycles. The highest BCUT2D eigenvalue weighted by atomic mass is 32.2. The second-order valence-corrected chi connectivity index (χ2v) is 6.32. The number of nitrogens with zero attached hydrogens (tertiary/aromatic N) is 2. The lowest BCUT2D eigenvalue weighted by atomic mass is 10.3. The van der Waals surface area contributed by atoms with Crippen LogP contribution in [-0.2, 0) is 14.8 Å². The Hall–Kier alpha value is -1.44. The van der Waals surface area contributed by atoms with Gasteiger partial charge in [-0.3, -0.25) is 0 Å². The molecule has 0 saturated carbocycles. The molecule has 0 radical (unpaired) electrons. The average molecular weight is 282 g/mol. The molecule has 1 aliphatic rings. The fourth-order valence-electron chi connectivity index (χ4n) is 2.12. The van der Waals surface area contributed by atoms with Crippen LogP contribution < -0.4 is 0 Å². The number of oxazole rings is 1. The molecule has 0 atom stereocenters. The molecule has 0 N–H and O–H groups in total. The highest BCUT2D eigenvalue weighted by Gasteiger charge is 2.26. The van der Waals surface area contributed by atoms with Crippen LogP contribution in [0.25, 0.3) is 11.1 Å². The molecule has 19 heavy (non-hydrogen) atoms. The van der Waals surface area contributed by atoms with Gasteiger partial charge in [-0.2, -0.15) is 4.31 Å². The van der Waals surface area contributed by atoms with Gasteiger partial charge in [0.05, 0.1) is 18.1 Å². The number of aromatic nitrogens is 1. The average Bonchev–Trinajstić information content (AvgIpc) is 2.78. The lowest BCUT2D eigenvalue weighted by molar-refractivity contribution is 0.0730. The minimum absolute atomic E-state index is 0.246. The number of benzene rings is 1. The zero-order chi connectivity index (χ0) is 13.5. The van der Waals surface area contributed by atoms with E-state index in [0.717, 1.165) is 0 Å². The zero-order valence-electron chi connectivity index (χ0n) is 10.5. The number of ether oxygens (including phenoxy) is 1. The van der Waals surface area contributed by atoms with Crippen molar-refractivity contribution in [1.29, 1.82) is 0 Å². The number of aryl methyl sites for hydroxylation is 1. The number of morpholine rings is 1. The summed E-state index contributed by atoms with van der Waals surface area (Å²) in [6.45, 7) is 3.38. The van der Waals surface area contributed by atoms with Gasteiger partial charge in [0.25, 0.3) is 0 Å². The van der Waals surface area contributed by atoms with Crippen molar-refractivity contribution in [1.82, 2.24) is 9.29 Å². The summed E-state index contributed by atoms with van der Waals surface area (Å²) < 4.78 is 36.8. The van der Waals surface area contributed by atoms with Crippen molar-refractivity contribution in [2.75, 3.05) is 26.3 Å². The van der Waals surface area contributed by atoms with Crippen LogP contribution in [0, 0.1) is 6.92 Å². The maximum Gasteiger partial charge on any atom is 0.243 e. The van der Waals surface area contributed by atoms with Gasteiger partial charge >= 0.3 is 0 Å². The number of rotatable bonds is 2. The Labute approximate surface area is 111 Å². The van der Waals surface area contributed by atoms with Crippen LogP contribution in [0.15, 0.2) is 27.5 Å². The van der Waals surface area contributed by atoms with Crippen LogP contribution >= 0.6 is 0 Å². The van der Waals surface area contributed by atoms with Crippen molar-refractivity contribution < 1.29 is 17.6 Å². The van der Waals surface area contributed by atoms with Gasteiger partial charge in [-0.05, 0) is 18.2 Å². The molecule has 1 fully saturated rings. The van der Waals surface area contributed by atoms with Crippen molar-refractivity contribution in [3.05, 3.63) is 24.1 Å². The van der Waals surface area contributed by atoms with Gasteiger partial charge in [0.1, 0.15) is 5.52 Å². The Morgan fingerprint density at radius 3 is 2.74 bits per heavy atom. The van der Waals surface area contributed by atoms with Gasteiger partial charge in [0.2, 0.25) is 10.0 Å². The summed E-state index contributed by atoms with van der Waals surface area (Å²) in [5, 5.41) is 0. The summed E-state index contributed by atoms with van der Waals surface area (Å²) in [6.07, 6.45) is 0. The topological polar surface area (TPSA) is 72.6 Å². The summed E-state index contributed by atoms with van der Waals surface area (Å²) in [4.78, 5) is 4.40. The number of hydrogen-bond acceptors (Lipinski definition) is 5. The molecule has 2 aromatic rings. The van der Waals surface area contributed by atoms with Gasteiger partial charge in [0, 0.05) is 20.0 Å². The van der Waals surface area contributed by atoms with Crippen molar-refractivity contribution in [3.8, 4) is 0 Å². The minimum atomic E-state index is -3.47. The van der Waals surface area contributed by atoms with Crippen molar-refractivity contribution in [2.45, 2.75) is 11.8 Å². The largest absolute Gasteiger partial charge is 0.441 e. The molecule has 0 amide bonds. The van der Waals surface area contributed by atoms with Crippen LogP contribution in [0.4, 0.5) is 0 Å². The van der Waals surface area contributed by atoms with E-state index in [1.165, 1.54) is 4.31 Å². The quantitative estimate of drug-likeness (QED) is 0.826. The summed E-state index contributed by atoms with van der Waals surface area (Å²) >= 11 is 0. The van der Waals surface area contributed by atoms with E-state index in [9.17, 15) is 8.42 Å².